The van der Waals surface area contributed by atoms with E-state index >= 15 is 0 Å². The van der Waals surface area contributed by atoms with Crippen molar-refractivity contribution in [1.82, 2.24) is 29.6 Å². The Labute approximate surface area is 257 Å². The molecule has 0 radical (unpaired) electrons. The van der Waals surface area contributed by atoms with Crippen LogP contribution in [-0.4, -0.2) is 86.1 Å². The Hall–Kier alpha value is -3.67. The SMILES string of the molecule is Cn1c(=O)n(C2CCC(=O)NC2=O)c2ccc(CCN3CC4CC3CN4C(=O)C3CCC(NC(=O)OC(C)(C)C)CC3)cc21. The van der Waals surface area contributed by atoms with Crippen LogP contribution in [0.3, 0.4) is 0 Å². The van der Waals surface area contributed by atoms with Gasteiger partial charge in [0.2, 0.25) is 17.7 Å². The molecule has 4 amide bonds. The van der Waals surface area contributed by atoms with E-state index in [1.807, 2.05) is 39.0 Å². The molecule has 238 valence electrons. The van der Waals surface area contributed by atoms with Gasteiger partial charge in [-0.05, 0) is 83.4 Å². The molecule has 4 fully saturated rings. The summed E-state index contributed by atoms with van der Waals surface area (Å²) in [6.07, 6.45) is 5.11. The number of carbonyl (C=O) groups is 4. The maximum absolute atomic E-state index is 13.5. The van der Waals surface area contributed by atoms with Gasteiger partial charge in [0.1, 0.15) is 11.6 Å². The summed E-state index contributed by atoms with van der Waals surface area (Å²) in [6.45, 7) is 8.06. The standard InChI is InChI=1S/C32H44N6O6/c1-32(2,3)44-30(42)33-21-8-6-20(7-9-21)29(41)37-18-22-16-23(37)17-36(22)14-13-19-5-10-24-26(15-19)35(4)31(43)38(24)25-11-12-27(39)34-28(25)40/h5,10,15,20-23,25H,6-9,11-14,16-18H2,1-4H3,(H,33,42)(H,34,39,40). The van der Waals surface area contributed by atoms with Gasteiger partial charge in [0, 0.05) is 57.1 Å². The lowest BCUT2D eigenvalue weighted by Crippen LogP contribution is -2.51. The second-order valence-electron chi connectivity index (χ2n) is 14.0. The van der Waals surface area contributed by atoms with Crippen molar-refractivity contribution in [1.29, 1.82) is 0 Å². The number of nitrogens with zero attached hydrogens (tertiary/aromatic N) is 4. The minimum Gasteiger partial charge on any atom is -0.444 e. The Kier molecular flexibility index (Phi) is 8.06. The molecule has 1 aromatic carbocycles. The molecule has 2 bridgehead atoms. The zero-order valence-electron chi connectivity index (χ0n) is 26.1. The Balaban J connectivity index is 1.01. The highest BCUT2D eigenvalue weighted by atomic mass is 16.6. The van der Waals surface area contributed by atoms with Crippen molar-refractivity contribution in [3.05, 3.63) is 34.2 Å². The molecule has 3 unspecified atom stereocenters. The molecule has 6 rings (SSSR count). The molecule has 2 aromatic rings. The number of hydrogen-bond acceptors (Lipinski definition) is 7. The number of nitrogens with one attached hydrogen (secondary N) is 2. The predicted molar refractivity (Wildman–Crippen MR) is 163 cm³/mol. The number of rotatable bonds is 6. The number of hydrogen-bond donors (Lipinski definition) is 2. The van der Waals surface area contributed by atoms with Crippen LogP contribution in [-0.2, 0) is 32.6 Å². The normalized spacial score (nSPS) is 27.5. The van der Waals surface area contributed by atoms with Crippen molar-refractivity contribution in [3.63, 3.8) is 0 Å². The first-order chi connectivity index (χ1) is 20.9. The first-order valence-corrected chi connectivity index (χ1v) is 16.0. The number of imide groups is 1. The van der Waals surface area contributed by atoms with Gasteiger partial charge in [-0.25, -0.2) is 9.59 Å². The van der Waals surface area contributed by atoms with E-state index < -0.39 is 17.6 Å². The lowest BCUT2D eigenvalue weighted by atomic mass is 9.85. The highest BCUT2D eigenvalue weighted by Crippen LogP contribution is 2.35. The van der Waals surface area contributed by atoms with Gasteiger partial charge in [-0.2, -0.15) is 0 Å². The van der Waals surface area contributed by atoms with Gasteiger partial charge >= 0.3 is 11.8 Å². The van der Waals surface area contributed by atoms with Crippen LogP contribution in [0.2, 0.25) is 0 Å². The summed E-state index contributed by atoms with van der Waals surface area (Å²) in [5.74, 6) is -0.453. The monoisotopic (exact) mass is 608 g/mol. The van der Waals surface area contributed by atoms with Gasteiger partial charge in [0.25, 0.3) is 0 Å². The highest BCUT2D eigenvalue weighted by molar-refractivity contribution is 6.00. The van der Waals surface area contributed by atoms with Crippen LogP contribution in [0.4, 0.5) is 4.79 Å². The molecular weight excluding hydrogens is 564 g/mol. The lowest BCUT2D eigenvalue weighted by molar-refractivity contribution is -0.139. The number of piperidine rings is 1. The number of alkyl carbamates (subject to hydrolysis) is 1. The van der Waals surface area contributed by atoms with Gasteiger partial charge in [-0.15, -0.1) is 0 Å². The number of benzene rings is 1. The summed E-state index contributed by atoms with van der Waals surface area (Å²) in [6, 6.07) is 5.91. The third-order valence-electron chi connectivity index (χ3n) is 9.80. The van der Waals surface area contributed by atoms with Gasteiger partial charge in [-0.1, -0.05) is 6.07 Å². The minimum atomic E-state index is -0.690. The first-order valence-electron chi connectivity index (χ1n) is 16.0. The summed E-state index contributed by atoms with van der Waals surface area (Å²) in [7, 11) is 1.71. The molecule has 12 heteroatoms. The van der Waals surface area contributed by atoms with E-state index in [0.717, 1.165) is 69.2 Å². The van der Waals surface area contributed by atoms with Crippen LogP contribution in [0.5, 0.6) is 0 Å². The van der Waals surface area contributed by atoms with Crippen molar-refractivity contribution in [3.8, 4) is 0 Å². The van der Waals surface area contributed by atoms with Crippen molar-refractivity contribution >= 4 is 34.8 Å². The van der Waals surface area contributed by atoms with Crippen molar-refractivity contribution in [2.45, 2.75) is 102 Å². The predicted octanol–water partition coefficient (Wildman–Crippen LogP) is 2.23. The summed E-state index contributed by atoms with van der Waals surface area (Å²) >= 11 is 0. The largest absolute Gasteiger partial charge is 0.444 e. The number of imidazole rings is 1. The number of carbonyl (C=O) groups excluding carboxylic acids is 4. The zero-order chi connectivity index (χ0) is 31.3. The molecule has 4 aliphatic rings. The van der Waals surface area contributed by atoms with Crippen LogP contribution in [0.15, 0.2) is 23.0 Å². The van der Waals surface area contributed by atoms with Crippen LogP contribution < -0.4 is 16.3 Å². The fourth-order valence-corrected chi connectivity index (χ4v) is 7.55. The fourth-order valence-electron chi connectivity index (χ4n) is 7.55. The summed E-state index contributed by atoms with van der Waals surface area (Å²) in [4.78, 5) is 67.3. The maximum atomic E-state index is 13.5. The number of amides is 4. The molecule has 12 nitrogen and oxygen atoms in total. The van der Waals surface area contributed by atoms with E-state index in [0.29, 0.717) is 18.0 Å². The molecule has 2 N–H and O–H groups in total. The molecule has 0 spiro atoms. The average Bonchev–Trinajstić information content (AvgIpc) is 3.63. The average molecular weight is 609 g/mol. The van der Waals surface area contributed by atoms with E-state index in [9.17, 15) is 24.0 Å². The van der Waals surface area contributed by atoms with E-state index in [2.05, 4.69) is 20.4 Å². The maximum Gasteiger partial charge on any atom is 0.407 e. The summed E-state index contributed by atoms with van der Waals surface area (Å²) < 4.78 is 8.46. The Morgan fingerprint density at radius 1 is 1.00 bits per heavy atom. The van der Waals surface area contributed by atoms with E-state index in [1.165, 1.54) is 4.57 Å². The lowest BCUT2D eigenvalue weighted by Gasteiger charge is -2.37. The first kappa shape index (κ1) is 30.4. The molecule has 1 saturated carbocycles. The number of fused-ring (bicyclic) bond motifs is 3. The molecule has 4 heterocycles. The second-order valence-corrected chi connectivity index (χ2v) is 14.0. The number of aryl methyl sites for hydroxylation is 1. The van der Waals surface area contributed by atoms with Gasteiger partial charge in [0.05, 0.1) is 11.0 Å². The van der Waals surface area contributed by atoms with Crippen LogP contribution >= 0.6 is 0 Å². The number of likely N-dealkylation sites (tertiary alicyclic amines) is 2. The van der Waals surface area contributed by atoms with E-state index in [1.54, 1.807) is 11.6 Å². The third-order valence-corrected chi connectivity index (χ3v) is 9.80. The van der Waals surface area contributed by atoms with Gasteiger partial charge < -0.3 is 15.0 Å². The van der Waals surface area contributed by atoms with Crippen LogP contribution in [0.25, 0.3) is 11.0 Å². The number of aromatic nitrogens is 2. The Morgan fingerprint density at radius 2 is 1.75 bits per heavy atom. The van der Waals surface area contributed by atoms with Gasteiger partial charge in [0.15, 0.2) is 0 Å². The number of piperazine rings is 1. The van der Waals surface area contributed by atoms with Crippen molar-refractivity contribution < 1.29 is 23.9 Å². The molecular formula is C32H44N6O6. The molecule has 3 atom stereocenters. The van der Waals surface area contributed by atoms with Crippen molar-refractivity contribution in [2.24, 2.45) is 13.0 Å². The van der Waals surface area contributed by atoms with E-state index in [4.69, 9.17) is 4.74 Å². The Bertz CT molecular complexity index is 1530. The summed E-state index contributed by atoms with van der Waals surface area (Å²) in [5, 5.41) is 5.31. The molecule has 3 saturated heterocycles. The second kappa shape index (κ2) is 11.7. The highest BCUT2D eigenvalue weighted by Gasteiger charge is 2.46. The Morgan fingerprint density at radius 3 is 2.41 bits per heavy atom. The fraction of sp³-hybridized carbons (Fsp3) is 0.656. The van der Waals surface area contributed by atoms with Crippen molar-refractivity contribution in [2.75, 3.05) is 19.6 Å². The summed E-state index contributed by atoms with van der Waals surface area (Å²) in [5.41, 5.74) is 1.79. The van der Waals surface area contributed by atoms with E-state index in [-0.39, 0.29) is 48.0 Å². The smallest absolute Gasteiger partial charge is 0.407 e. The third kappa shape index (κ3) is 6.00. The van der Waals surface area contributed by atoms with Crippen LogP contribution in [0, 0.1) is 5.92 Å². The zero-order valence-corrected chi connectivity index (χ0v) is 26.1. The van der Waals surface area contributed by atoms with Gasteiger partial charge in [-0.3, -0.25) is 33.7 Å². The minimum absolute atomic E-state index is 0.0188. The quantitative estimate of drug-likeness (QED) is 0.481. The molecule has 1 aromatic heterocycles. The molecule has 44 heavy (non-hydrogen) atoms. The topological polar surface area (TPSA) is 135 Å². The molecule has 1 aliphatic carbocycles. The molecule has 3 aliphatic heterocycles. The number of ether oxygens (including phenoxy) is 1. The van der Waals surface area contributed by atoms with Crippen LogP contribution in [0.1, 0.15) is 77.3 Å².